The van der Waals surface area contributed by atoms with Gasteiger partial charge in [-0.25, -0.2) is 0 Å². The van der Waals surface area contributed by atoms with Crippen molar-refractivity contribution in [1.82, 2.24) is 0 Å². The normalized spacial score (nSPS) is 14.9. The van der Waals surface area contributed by atoms with Crippen LogP contribution < -0.4 is 0 Å². The fraction of sp³-hybridized carbons (Fsp3) is 0.273. The number of alkyl halides is 1. The molecule has 0 bridgehead atoms. The average Bonchev–Trinajstić information content (AvgIpc) is 2.21. The van der Waals surface area contributed by atoms with E-state index in [9.17, 15) is 5.11 Å². The molecule has 0 aliphatic rings. The highest BCUT2D eigenvalue weighted by Gasteiger charge is 2.15. The van der Waals surface area contributed by atoms with Crippen LogP contribution in [0.25, 0.3) is 0 Å². The number of hydrogen-bond donors (Lipinski definition) is 1. The van der Waals surface area contributed by atoms with Crippen molar-refractivity contribution in [3.8, 4) is 0 Å². The maximum absolute atomic E-state index is 9.82. The zero-order valence-electron chi connectivity index (χ0n) is 7.36. The standard InChI is InChI=1S/C11H13ClO/c1-2-9(8-12)11(13)10-6-4-3-5-7-10/h2-7,9,11,13H,1,8H2/t9-,11+/m0/s1. The Kier molecular flexibility index (Phi) is 4.00. The van der Waals surface area contributed by atoms with E-state index in [1.54, 1.807) is 6.08 Å². The molecule has 1 rings (SSSR count). The predicted octanol–water partition coefficient (Wildman–Crippen LogP) is 2.76. The van der Waals surface area contributed by atoms with Gasteiger partial charge in [0.25, 0.3) is 0 Å². The first-order valence-corrected chi connectivity index (χ1v) is 4.74. The van der Waals surface area contributed by atoms with Crippen LogP contribution >= 0.6 is 11.6 Å². The van der Waals surface area contributed by atoms with E-state index >= 15 is 0 Å². The molecule has 0 saturated heterocycles. The van der Waals surface area contributed by atoms with Crippen molar-refractivity contribution in [2.45, 2.75) is 6.10 Å². The molecule has 0 aliphatic carbocycles. The zero-order chi connectivity index (χ0) is 9.68. The van der Waals surface area contributed by atoms with E-state index in [0.717, 1.165) is 5.56 Å². The van der Waals surface area contributed by atoms with Crippen LogP contribution in [0.4, 0.5) is 0 Å². The summed E-state index contributed by atoms with van der Waals surface area (Å²) in [5.41, 5.74) is 0.882. The van der Waals surface area contributed by atoms with Crippen molar-refractivity contribution < 1.29 is 5.11 Å². The van der Waals surface area contributed by atoms with Crippen LogP contribution in [0, 0.1) is 5.92 Å². The first-order chi connectivity index (χ1) is 6.29. The summed E-state index contributed by atoms with van der Waals surface area (Å²) in [5.74, 6) is 0.309. The number of aliphatic hydroxyl groups excluding tert-OH is 1. The lowest BCUT2D eigenvalue weighted by atomic mass is 9.98. The van der Waals surface area contributed by atoms with Gasteiger partial charge < -0.3 is 5.11 Å². The van der Waals surface area contributed by atoms with Gasteiger partial charge in [0, 0.05) is 11.8 Å². The van der Waals surface area contributed by atoms with Gasteiger partial charge in [0.15, 0.2) is 0 Å². The summed E-state index contributed by atoms with van der Waals surface area (Å²) in [5, 5.41) is 9.82. The lowest BCUT2D eigenvalue weighted by molar-refractivity contribution is 0.141. The molecule has 0 heterocycles. The van der Waals surface area contributed by atoms with E-state index in [1.807, 2.05) is 30.3 Å². The minimum atomic E-state index is -0.545. The number of aliphatic hydroxyl groups is 1. The highest BCUT2D eigenvalue weighted by atomic mass is 35.5. The third-order valence-corrected chi connectivity index (χ3v) is 2.38. The van der Waals surface area contributed by atoms with Crippen LogP contribution in [0.5, 0.6) is 0 Å². The Hall–Kier alpha value is -0.790. The highest BCUT2D eigenvalue weighted by Crippen LogP contribution is 2.23. The molecule has 0 aliphatic heterocycles. The second-order valence-corrected chi connectivity index (χ2v) is 3.22. The van der Waals surface area contributed by atoms with Crippen LogP contribution in [0.3, 0.4) is 0 Å². The van der Waals surface area contributed by atoms with Gasteiger partial charge in [-0.05, 0) is 5.56 Å². The molecular formula is C11H13ClO. The van der Waals surface area contributed by atoms with Crippen LogP contribution in [-0.4, -0.2) is 11.0 Å². The molecule has 0 fully saturated rings. The summed E-state index contributed by atoms with van der Waals surface area (Å²) < 4.78 is 0. The van der Waals surface area contributed by atoms with Crippen molar-refractivity contribution in [2.75, 3.05) is 5.88 Å². The molecule has 2 heteroatoms. The topological polar surface area (TPSA) is 20.2 Å². The highest BCUT2D eigenvalue weighted by molar-refractivity contribution is 6.18. The summed E-state index contributed by atoms with van der Waals surface area (Å²) in [6, 6.07) is 9.47. The van der Waals surface area contributed by atoms with Gasteiger partial charge in [-0.3, -0.25) is 0 Å². The average molecular weight is 197 g/mol. The SMILES string of the molecule is C=C[C@@H](CCl)[C@@H](O)c1ccccc1. The van der Waals surface area contributed by atoms with Crippen LogP contribution in [0.1, 0.15) is 11.7 Å². The summed E-state index contributed by atoms with van der Waals surface area (Å²) in [6.07, 6.45) is 1.14. The molecule has 0 unspecified atom stereocenters. The first-order valence-electron chi connectivity index (χ1n) is 4.21. The van der Waals surface area contributed by atoms with Crippen molar-refractivity contribution in [3.05, 3.63) is 48.6 Å². The molecule has 1 nitrogen and oxygen atoms in total. The Labute approximate surface area is 83.7 Å². The van der Waals surface area contributed by atoms with Gasteiger partial charge in [-0.2, -0.15) is 0 Å². The zero-order valence-corrected chi connectivity index (χ0v) is 8.11. The lowest BCUT2D eigenvalue weighted by Gasteiger charge is -2.17. The first kappa shape index (κ1) is 10.3. The maximum atomic E-state index is 9.82. The molecule has 1 aromatic rings. The fourth-order valence-electron chi connectivity index (χ4n) is 1.17. The predicted molar refractivity (Wildman–Crippen MR) is 55.8 cm³/mol. The number of hydrogen-bond acceptors (Lipinski definition) is 1. The summed E-state index contributed by atoms with van der Waals surface area (Å²) in [4.78, 5) is 0. The smallest absolute Gasteiger partial charge is 0.0863 e. The molecule has 0 aromatic heterocycles. The molecular weight excluding hydrogens is 184 g/mol. The fourth-order valence-corrected chi connectivity index (χ4v) is 1.47. The van der Waals surface area contributed by atoms with Gasteiger partial charge >= 0.3 is 0 Å². The van der Waals surface area contributed by atoms with Crippen molar-refractivity contribution >= 4 is 11.6 Å². The molecule has 1 aromatic carbocycles. The lowest BCUT2D eigenvalue weighted by Crippen LogP contribution is -2.11. The molecule has 2 atom stereocenters. The minimum Gasteiger partial charge on any atom is -0.388 e. The Morgan fingerprint density at radius 3 is 2.46 bits per heavy atom. The van der Waals surface area contributed by atoms with E-state index in [0.29, 0.717) is 5.88 Å². The molecule has 0 saturated carbocycles. The van der Waals surface area contributed by atoms with Gasteiger partial charge in [0.2, 0.25) is 0 Å². The molecule has 0 spiro atoms. The quantitative estimate of drug-likeness (QED) is 0.580. The van der Waals surface area contributed by atoms with Crippen LogP contribution in [0.2, 0.25) is 0 Å². The summed E-state index contributed by atoms with van der Waals surface area (Å²) >= 11 is 5.68. The van der Waals surface area contributed by atoms with E-state index in [-0.39, 0.29) is 5.92 Å². The van der Waals surface area contributed by atoms with Gasteiger partial charge in [-0.15, -0.1) is 18.2 Å². The third-order valence-electron chi connectivity index (χ3n) is 2.03. The van der Waals surface area contributed by atoms with Gasteiger partial charge in [-0.1, -0.05) is 36.4 Å². The maximum Gasteiger partial charge on any atom is 0.0863 e. The minimum absolute atomic E-state index is 0.0796. The summed E-state index contributed by atoms with van der Waals surface area (Å²) in [6.45, 7) is 3.63. The van der Waals surface area contributed by atoms with Crippen molar-refractivity contribution in [3.63, 3.8) is 0 Å². The monoisotopic (exact) mass is 196 g/mol. The van der Waals surface area contributed by atoms with Gasteiger partial charge in [0.05, 0.1) is 6.10 Å². The molecule has 70 valence electrons. The molecule has 0 radical (unpaired) electrons. The molecule has 0 amide bonds. The van der Waals surface area contributed by atoms with Crippen molar-refractivity contribution in [2.24, 2.45) is 5.92 Å². The van der Waals surface area contributed by atoms with E-state index < -0.39 is 6.10 Å². The number of benzene rings is 1. The van der Waals surface area contributed by atoms with E-state index in [2.05, 4.69) is 6.58 Å². The molecule has 1 N–H and O–H groups in total. The van der Waals surface area contributed by atoms with E-state index in [1.165, 1.54) is 0 Å². The Balaban J connectivity index is 2.77. The van der Waals surface area contributed by atoms with Gasteiger partial charge in [0.1, 0.15) is 0 Å². The number of rotatable bonds is 4. The van der Waals surface area contributed by atoms with Crippen LogP contribution in [0.15, 0.2) is 43.0 Å². The Morgan fingerprint density at radius 1 is 1.38 bits per heavy atom. The molecule has 13 heavy (non-hydrogen) atoms. The largest absolute Gasteiger partial charge is 0.388 e. The second-order valence-electron chi connectivity index (χ2n) is 2.91. The Morgan fingerprint density at radius 2 is 2.00 bits per heavy atom. The second kappa shape index (κ2) is 5.05. The van der Waals surface area contributed by atoms with Crippen molar-refractivity contribution in [1.29, 1.82) is 0 Å². The third kappa shape index (κ3) is 2.58. The van der Waals surface area contributed by atoms with E-state index in [4.69, 9.17) is 11.6 Å². The Bertz CT molecular complexity index is 258. The summed E-state index contributed by atoms with van der Waals surface area (Å²) in [7, 11) is 0. The number of halogens is 1. The van der Waals surface area contributed by atoms with Crippen LogP contribution in [-0.2, 0) is 0 Å².